The first kappa shape index (κ1) is 15.0. The summed E-state index contributed by atoms with van der Waals surface area (Å²) in [6.45, 7) is 4.65. The van der Waals surface area contributed by atoms with Crippen molar-refractivity contribution in [1.29, 1.82) is 0 Å². The van der Waals surface area contributed by atoms with Crippen molar-refractivity contribution in [1.82, 2.24) is 9.97 Å². The standard InChI is InChI=1S/C13H23N5O2/c1-2-19-9-13-16-11(8-12(17-13)18-14)15-6-5-10-4-3-7-20-10/h8,10H,2-7,9,14H2,1H3,(H2,15,16,17,18). The Balaban J connectivity index is 1.87. The summed E-state index contributed by atoms with van der Waals surface area (Å²) >= 11 is 0. The molecule has 1 unspecified atom stereocenters. The van der Waals surface area contributed by atoms with Gasteiger partial charge in [-0.1, -0.05) is 0 Å². The van der Waals surface area contributed by atoms with Crippen LogP contribution in [-0.4, -0.2) is 35.8 Å². The fraction of sp³-hybridized carbons (Fsp3) is 0.692. The first-order valence-electron chi connectivity index (χ1n) is 7.09. The van der Waals surface area contributed by atoms with E-state index in [0.29, 0.717) is 31.0 Å². The Morgan fingerprint density at radius 1 is 1.45 bits per heavy atom. The molecular weight excluding hydrogens is 258 g/mol. The average Bonchev–Trinajstić information content (AvgIpc) is 2.98. The molecule has 7 heteroatoms. The number of hydrazine groups is 1. The highest BCUT2D eigenvalue weighted by Gasteiger charge is 2.14. The van der Waals surface area contributed by atoms with Crippen molar-refractivity contribution in [3.05, 3.63) is 11.9 Å². The van der Waals surface area contributed by atoms with Crippen molar-refractivity contribution in [3.8, 4) is 0 Å². The summed E-state index contributed by atoms with van der Waals surface area (Å²) in [6.07, 6.45) is 3.67. The molecule has 0 aliphatic carbocycles. The second-order valence-corrected chi connectivity index (χ2v) is 4.69. The smallest absolute Gasteiger partial charge is 0.158 e. The molecule has 0 saturated carbocycles. The maximum Gasteiger partial charge on any atom is 0.158 e. The maximum atomic E-state index is 5.59. The third-order valence-corrected chi connectivity index (χ3v) is 3.15. The van der Waals surface area contributed by atoms with Gasteiger partial charge in [-0.15, -0.1) is 0 Å². The number of anilines is 2. The van der Waals surface area contributed by atoms with Crippen LogP contribution in [0.3, 0.4) is 0 Å². The van der Waals surface area contributed by atoms with Crippen molar-refractivity contribution >= 4 is 11.6 Å². The van der Waals surface area contributed by atoms with Gasteiger partial charge >= 0.3 is 0 Å². The lowest BCUT2D eigenvalue weighted by atomic mass is 10.2. The molecule has 0 amide bonds. The molecule has 0 spiro atoms. The summed E-state index contributed by atoms with van der Waals surface area (Å²) in [5.74, 6) is 7.36. The van der Waals surface area contributed by atoms with Gasteiger partial charge in [0.25, 0.3) is 0 Å². The Morgan fingerprint density at radius 2 is 2.30 bits per heavy atom. The molecule has 7 nitrogen and oxygen atoms in total. The van der Waals surface area contributed by atoms with Crippen LogP contribution in [0, 0.1) is 0 Å². The minimum Gasteiger partial charge on any atom is -0.378 e. The summed E-state index contributed by atoms with van der Waals surface area (Å²) in [6, 6.07) is 1.78. The maximum absolute atomic E-state index is 5.59. The molecule has 1 aliphatic heterocycles. The molecule has 2 rings (SSSR count). The molecule has 1 fully saturated rings. The molecule has 1 aromatic rings. The van der Waals surface area contributed by atoms with E-state index in [1.807, 2.05) is 6.92 Å². The topological polar surface area (TPSA) is 94.3 Å². The van der Waals surface area contributed by atoms with Gasteiger partial charge in [0.1, 0.15) is 18.2 Å². The molecule has 0 aromatic carbocycles. The van der Waals surface area contributed by atoms with Crippen molar-refractivity contribution in [2.75, 3.05) is 30.5 Å². The van der Waals surface area contributed by atoms with E-state index in [1.54, 1.807) is 6.07 Å². The Bertz CT molecular complexity index is 410. The van der Waals surface area contributed by atoms with E-state index in [4.69, 9.17) is 15.3 Å². The second-order valence-electron chi connectivity index (χ2n) is 4.69. The van der Waals surface area contributed by atoms with Gasteiger partial charge < -0.3 is 20.2 Å². The van der Waals surface area contributed by atoms with Crippen LogP contribution in [0.4, 0.5) is 11.6 Å². The molecular formula is C13H23N5O2. The number of nitrogen functional groups attached to an aromatic ring is 1. The molecule has 1 saturated heterocycles. The predicted octanol–water partition coefficient (Wildman–Crippen LogP) is 1.28. The van der Waals surface area contributed by atoms with Gasteiger partial charge in [0.05, 0.1) is 6.10 Å². The van der Waals surface area contributed by atoms with Gasteiger partial charge in [-0.3, -0.25) is 0 Å². The van der Waals surface area contributed by atoms with E-state index >= 15 is 0 Å². The van der Waals surface area contributed by atoms with Crippen molar-refractivity contribution in [2.24, 2.45) is 5.84 Å². The van der Waals surface area contributed by atoms with Gasteiger partial charge in [-0.25, -0.2) is 15.8 Å². The highest BCUT2D eigenvalue weighted by atomic mass is 16.5. The van der Waals surface area contributed by atoms with Crippen LogP contribution in [0.5, 0.6) is 0 Å². The molecule has 2 heterocycles. The number of rotatable bonds is 8. The highest BCUT2D eigenvalue weighted by molar-refractivity contribution is 5.46. The summed E-state index contributed by atoms with van der Waals surface area (Å²) in [5, 5.41) is 3.28. The lowest BCUT2D eigenvalue weighted by Crippen LogP contribution is -2.15. The number of nitrogens with one attached hydrogen (secondary N) is 2. The van der Waals surface area contributed by atoms with Crippen LogP contribution >= 0.6 is 0 Å². The van der Waals surface area contributed by atoms with Crippen LogP contribution in [0.25, 0.3) is 0 Å². The number of aromatic nitrogens is 2. The van der Waals surface area contributed by atoms with E-state index in [9.17, 15) is 0 Å². The van der Waals surface area contributed by atoms with Crippen molar-refractivity contribution in [3.63, 3.8) is 0 Å². The predicted molar refractivity (Wildman–Crippen MR) is 77.3 cm³/mol. The van der Waals surface area contributed by atoms with Crippen LogP contribution in [0.1, 0.15) is 32.0 Å². The molecule has 1 atom stereocenters. The van der Waals surface area contributed by atoms with E-state index in [0.717, 1.165) is 38.2 Å². The fourth-order valence-corrected chi connectivity index (χ4v) is 2.15. The van der Waals surface area contributed by atoms with Gasteiger partial charge in [0, 0.05) is 25.8 Å². The Labute approximate surface area is 119 Å². The minimum absolute atomic E-state index is 0.374. The van der Waals surface area contributed by atoms with Crippen molar-refractivity contribution in [2.45, 2.75) is 38.9 Å². The van der Waals surface area contributed by atoms with Crippen LogP contribution in [0.2, 0.25) is 0 Å². The molecule has 4 N–H and O–H groups in total. The zero-order valence-corrected chi connectivity index (χ0v) is 11.9. The summed E-state index contributed by atoms with van der Waals surface area (Å²) in [4.78, 5) is 8.64. The monoisotopic (exact) mass is 281 g/mol. The fourth-order valence-electron chi connectivity index (χ4n) is 2.15. The zero-order valence-electron chi connectivity index (χ0n) is 11.9. The zero-order chi connectivity index (χ0) is 14.2. The number of nitrogens with two attached hydrogens (primary N) is 1. The molecule has 1 aliphatic rings. The molecule has 20 heavy (non-hydrogen) atoms. The van der Waals surface area contributed by atoms with Crippen molar-refractivity contribution < 1.29 is 9.47 Å². The van der Waals surface area contributed by atoms with Gasteiger partial charge in [0.15, 0.2) is 5.82 Å². The molecule has 112 valence electrons. The van der Waals surface area contributed by atoms with E-state index in [2.05, 4.69) is 20.7 Å². The third kappa shape index (κ3) is 4.59. The quantitative estimate of drug-likeness (QED) is 0.488. The average molecular weight is 281 g/mol. The summed E-state index contributed by atoms with van der Waals surface area (Å²) < 4.78 is 10.9. The van der Waals surface area contributed by atoms with Gasteiger partial charge in [-0.05, 0) is 26.2 Å². The first-order valence-corrected chi connectivity index (χ1v) is 7.09. The largest absolute Gasteiger partial charge is 0.378 e. The number of hydrogen-bond acceptors (Lipinski definition) is 7. The summed E-state index contributed by atoms with van der Waals surface area (Å²) in [7, 11) is 0. The first-order chi connectivity index (χ1) is 9.81. The highest BCUT2D eigenvalue weighted by Crippen LogP contribution is 2.16. The number of hydrogen-bond donors (Lipinski definition) is 3. The molecule has 0 bridgehead atoms. The second kappa shape index (κ2) is 7.98. The SMILES string of the molecule is CCOCc1nc(NN)cc(NCCC2CCCO2)n1. The Kier molecular flexibility index (Phi) is 5.97. The Morgan fingerprint density at radius 3 is 3.00 bits per heavy atom. The molecule has 0 radical (unpaired) electrons. The lowest BCUT2D eigenvalue weighted by molar-refractivity contribution is 0.107. The minimum atomic E-state index is 0.374. The van der Waals surface area contributed by atoms with Crippen LogP contribution in [-0.2, 0) is 16.1 Å². The van der Waals surface area contributed by atoms with E-state index < -0.39 is 0 Å². The van der Waals surface area contributed by atoms with E-state index in [-0.39, 0.29) is 0 Å². The van der Waals surface area contributed by atoms with Crippen LogP contribution in [0.15, 0.2) is 6.07 Å². The third-order valence-electron chi connectivity index (χ3n) is 3.15. The Hall–Kier alpha value is -1.44. The van der Waals surface area contributed by atoms with E-state index in [1.165, 1.54) is 0 Å². The normalized spacial score (nSPS) is 18.2. The number of ether oxygens (including phenoxy) is 2. The van der Waals surface area contributed by atoms with Gasteiger partial charge in [0.2, 0.25) is 0 Å². The van der Waals surface area contributed by atoms with Gasteiger partial charge in [-0.2, -0.15) is 0 Å². The van der Waals surface area contributed by atoms with Crippen LogP contribution < -0.4 is 16.6 Å². The lowest BCUT2D eigenvalue weighted by Gasteiger charge is -2.12. The number of nitrogens with zero attached hydrogens (tertiary/aromatic N) is 2. The summed E-state index contributed by atoms with van der Waals surface area (Å²) in [5.41, 5.74) is 2.54. The molecule has 1 aromatic heterocycles.